The van der Waals surface area contributed by atoms with E-state index in [4.69, 9.17) is 11.6 Å². The summed E-state index contributed by atoms with van der Waals surface area (Å²) >= 11 is 7.10. The molecule has 0 saturated heterocycles. The number of aryl methyl sites for hydroxylation is 1. The Labute approximate surface area is 175 Å². The Balaban J connectivity index is 1.62. The van der Waals surface area contributed by atoms with Gasteiger partial charge in [-0.05, 0) is 43.3 Å². The number of imidazole rings is 1. The summed E-state index contributed by atoms with van der Waals surface area (Å²) in [6, 6.07) is 14.7. The van der Waals surface area contributed by atoms with Crippen LogP contribution in [0.3, 0.4) is 0 Å². The van der Waals surface area contributed by atoms with E-state index in [0.29, 0.717) is 21.5 Å². The van der Waals surface area contributed by atoms with Crippen LogP contribution in [-0.2, 0) is 4.79 Å². The van der Waals surface area contributed by atoms with Gasteiger partial charge in [-0.1, -0.05) is 41.1 Å². The lowest BCUT2D eigenvalue weighted by Crippen LogP contribution is -2.14. The first-order chi connectivity index (χ1) is 14.0. The number of amides is 1. The van der Waals surface area contributed by atoms with Crippen LogP contribution in [0, 0.1) is 6.92 Å². The Bertz CT molecular complexity index is 1230. The number of carbonyl (C=O) groups excluding carboxylic acids is 1. The molecule has 0 radical (unpaired) electrons. The second-order valence-electron chi connectivity index (χ2n) is 6.31. The van der Waals surface area contributed by atoms with Gasteiger partial charge in [0.2, 0.25) is 5.91 Å². The molecule has 0 fully saturated rings. The summed E-state index contributed by atoms with van der Waals surface area (Å²) in [7, 11) is 0. The molecule has 29 heavy (non-hydrogen) atoms. The van der Waals surface area contributed by atoms with Crippen molar-refractivity contribution in [2.75, 3.05) is 11.1 Å². The average molecular weight is 426 g/mol. The van der Waals surface area contributed by atoms with Crippen LogP contribution < -0.4 is 10.9 Å². The minimum Gasteiger partial charge on any atom is -0.325 e. The van der Waals surface area contributed by atoms with Gasteiger partial charge in [0.25, 0.3) is 5.56 Å². The molecule has 0 aliphatic carbocycles. The number of hydrogen-bond acceptors (Lipinski definition) is 5. The summed E-state index contributed by atoms with van der Waals surface area (Å²) in [6.45, 7) is 2.00. The summed E-state index contributed by atoms with van der Waals surface area (Å²) in [5.74, 6) is -0.0721. The molecule has 0 atom stereocenters. The van der Waals surface area contributed by atoms with Crippen LogP contribution >= 0.6 is 23.4 Å². The highest BCUT2D eigenvalue weighted by Crippen LogP contribution is 2.26. The lowest BCUT2D eigenvalue weighted by molar-refractivity contribution is -0.113. The van der Waals surface area contributed by atoms with Crippen molar-refractivity contribution in [3.63, 3.8) is 0 Å². The first-order valence-corrected chi connectivity index (χ1v) is 10.1. The molecule has 7 nitrogen and oxygen atoms in total. The number of carbonyl (C=O) groups is 1. The Kier molecular flexibility index (Phi) is 5.37. The van der Waals surface area contributed by atoms with Crippen molar-refractivity contribution in [3.8, 4) is 5.69 Å². The van der Waals surface area contributed by atoms with Gasteiger partial charge in [0.1, 0.15) is 0 Å². The maximum Gasteiger partial charge on any atom is 0.278 e. The van der Waals surface area contributed by atoms with Crippen molar-refractivity contribution < 1.29 is 4.79 Å². The van der Waals surface area contributed by atoms with Crippen molar-refractivity contribution in [1.29, 1.82) is 0 Å². The smallest absolute Gasteiger partial charge is 0.278 e. The molecule has 0 saturated carbocycles. The third-order valence-electron chi connectivity index (χ3n) is 4.17. The number of anilines is 1. The number of rotatable bonds is 5. The maximum atomic E-state index is 12.4. The van der Waals surface area contributed by atoms with Gasteiger partial charge in [-0.25, -0.2) is 9.97 Å². The van der Waals surface area contributed by atoms with Crippen molar-refractivity contribution in [2.45, 2.75) is 12.1 Å². The summed E-state index contributed by atoms with van der Waals surface area (Å²) in [6.07, 6.45) is 1.35. The molecular weight excluding hydrogens is 410 g/mol. The molecule has 0 bridgehead atoms. The molecule has 2 aromatic carbocycles. The molecular formula is C20H16ClN5O2S. The molecule has 0 unspecified atom stereocenters. The van der Waals surface area contributed by atoms with Gasteiger partial charge in [-0.15, -0.1) is 0 Å². The number of H-pyrrole nitrogens is 1. The van der Waals surface area contributed by atoms with Crippen LogP contribution in [0.15, 0.2) is 64.8 Å². The van der Waals surface area contributed by atoms with Crippen LogP contribution in [0.2, 0.25) is 5.02 Å². The zero-order valence-corrected chi connectivity index (χ0v) is 16.9. The highest BCUT2D eigenvalue weighted by molar-refractivity contribution is 7.99. The van der Waals surface area contributed by atoms with E-state index in [-0.39, 0.29) is 22.7 Å². The normalized spacial score (nSPS) is 11.0. The molecule has 4 rings (SSSR count). The molecule has 2 aromatic heterocycles. The molecule has 0 spiro atoms. The van der Waals surface area contributed by atoms with E-state index in [0.717, 1.165) is 11.3 Å². The predicted octanol–water partition coefficient (Wildman–Crippen LogP) is 3.80. The number of fused-ring (bicyclic) bond motifs is 1. The minimum atomic E-state index is -0.326. The summed E-state index contributed by atoms with van der Waals surface area (Å²) in [5.41, 5.74) is 2.93. The molecule has 146 valence electrons. The van der Waals surface area contributed by atoms with Crippen LogP contribution in [0.1, 0.15) is 5.56 Å². The number of thioether (sulfide) groups is 1. The Hall–Kier alpha value is -3.10. The number of aromatic nitrogens is 4. The van der Waals surface area contributed by atoms with Crippen LogP contribution in [0.5, 0.6) is 0 Å². The standard InChI is InChI=1S/C20H16ClN5O2S/c1-12-2-8-15(9-3-12)26-18-17(19(28)23-11-22-18)25-20(26)29-10-16(27)24-14-6-4-13(21)5-7-14/h2-9,11H,10H2,1H3,(H,24,27)(H,22,23,28). The topological polar surface area (TPSA) is 92.7 Å². The number of aromatic amines is 1. The fraction of sp³-hybridized carbons (Fsp3) is 0.100. The summed E-state index contributed by atoms with van der Waals surface area (Å²) in [4.78, 5) is 35.8. The van der Waals surface area contributed by atoms with Gasteiger partial charge in [0, 0.05) is 16.4 Å². The van der Waals surface area contributed by atoms with E-state index in [1.165, 1.54) is 18.1 Å². The second-order valence-corrected chi connectivity index (χ2v) is 7.69. The number of nitrogens with zero attached hydrogens (tertiary/aromatic N) is 3. The monoisotopic (exact) mass is 425 g/mol. The zero-order chi connectivity index (χ0) is 20.4. The first-order valence-electron chi connectivity index (χ1n) is 8.72. The third kappa shape index (κ3) is 4.18. The molecule has 2 heterocycles. The van der Waals surface area contributed by atoms with E-state index in [2.05, 4.69) is 20.3 Å². The van der Waals surface area contributed by atoms with Crippen molar-refractivity contribution >= 4 is 46.1 Å². The minimum absolute atomic E-state index is 0.121. The quantitative estimate of drug-likeness (QED) is 0.474. The van der Waals surface area contributed by atoms with E-state index < -0.39 is 0 Å². The SMILES string of the molecule is Cc1ccc(-n2c(SCC(=O)Nc3ccc(Cl)cc3)nc3c(=O)[nH]cnc32)cc1. The molecule has 9 heteroatoms. The molecule has 2 N–H and O–H groups in total. The van der Waals surface area contributed by atoms with Gasteiger partial charge in [0.05, 0.1) is 12.1 Å². The van der Waals surface area contributed by atoms with Gasteiger partial charge in [-0.2, -0.15) is 0 Å². The molecule has 0 aliphatic rings. The summed E-state index contributed by atoms with van der Waals surface area (Å²) in [5, 5.41) is 3.92. The Morgan fingerprint density at radius 3 is 2.62 bits per heavy atom. The van der Waals surface area contributed by atoms with Gasteiger partial charge < -0.3 is 10.3 Å². The Morgan fingerprint density at radius 2 is 1.90 bits per heavy atom. The van der Waals surface area contributed by atoms with Crippen LogP contribution in [-0.4, -0.2) is 31.2 Å². The van der Waals surface area contributed by atoms with Gasteiger partial charge in [-0.3, -0.25) is 14.2 Å². The molecule has 1 amide bonds. The van der Waals surface area contributed by atoms with E-state index in [1.807, 2.05) is 31.2 Å². The second kappa shape index (κ2) is 8.10. The van der Waals surface area contributed by atoms with E-state index in [9.17, 15) is 9.59 Å². The van der Waals surface area contributed by atoms with E-state index in [1.54, 1.807) is 28.8 Å². The summed E-state index contributed by atoms with van der Waals surface area (Å²) < 4.78 is 1.78. The highest BCUT2D eigenvalue weighted by Gasteiger charge is 2.17. The highest BCUT2D eigenvalue weighted by atomic mass is 35.5. The van der Waals surface area contributed by atoms with E-state index >= 15 is 0 Å². The van der Waals surface area contributed by atoms with Crippen molar-refractivity contribution in [3.05, 3.63) is 75.8 Å². The third-order valence-corrected chi connectivity index (χ3v) is 5.36. The maximum absolute atomic E-state index is 12.4. The van der Waals surface area contributed by atoms with Crippen LogP contribution in [0.4, 0.5) is 5.69 Å². The zero-order valence-electron chi connectivity index (χ0n) is 15.3. The lowest BCUT2D eigenvalue weighted by Gasteiger charge is -2.09. The van der Waals surface area contributed by atoms with Crippen molar-refractivity contribution in [1.82, 2.24) is 19.5 Å². The number of nitrogens with one attached hydrogen (secondary N) is 2. The van der Waals surface area contributed by atoms with Gasteiger partial charge in [0.15, 0.2) is 16.3 Å². The van der Waals surface area contributed by atoms with Gasteiger partial charge >= 0.3 is 0 Å². The Morgan fingerprint density at radius 1 is 1.17 bits per heavy atom. The fourth-order valence-corrected chi connectivity index (χ4v) is 3.70. The number of benzene rings is 2. The van der Waals surface area contributed by atoms with Crippen molar-refractivity contribution in [2.24, 2.45) is 0 Å². The average Bonchev–Trinajstić information content (AvgIpc) is 3.09. The van der Waals surface area contributed by atoms with Crippen LogP contribution in [0.25, 0.3) is 16.9 Å². The fourth-order valence-electron chi connectivity index (χ4n) is 2.77. The molecule has 4 aromatic rings. The number of halogens is 1. The first kappa shape index (κ1) is 19.2. The molecule has 0 aliphatic heterocycles. The predicted molar refractivity (Wildman–Crippen MR) is 115 cm³/mol. The largest absolute Gasteiger partial charge is 0.325 e. The lowest BCUT2D eigenvalue weighted by atomic mass is 10.2. The number of hydrogen-bond donors (Lipinski definition) is 2.